The van der Waals surface area contributed by atoms with E-state index in [1.165, 1.54) is 0 Å². The van der Waals surface area contributed by atoms with E-state index in [0.717, 1.165) is 47.8 Å². The first kappa shape index (κ1) is 11.7. The first-order chi connectivity index (χ1) is 9.92. The summed E-state index contributed by atoms with van der Waals surface area (Å²) >= 11 is 1.65. The fourth-order valence-electron chi connectivity index (χ4n) is 2.75. The Kier molecular flexibility index (Phi) is 2.80. The number of nitrogens with one attached hydrogen (secondary N) is 1. The van der Waals surface area contributed by atoms with Gasteiger partial charge in [0.1, 0.15) is 17.0 Å². The fourth-order valence-corrected chi connectivity index (χ4v) is 3.48. The van der Waals surface area contributed by atoms with Gasteiger partial charge in [-0.15, -0.1) is 21.5 Å². The third kappa shape index (κ3) is 1.92. The van der Waals surface area contributed by atoms with Gasteiger partial charge in [-0.3, -0.25) is 0 Å². The SMILES string of the molecule is c1nc(N2CCCC(c3nn[nH]n3)C2)c2ccsc2n1. The van der Waals surface area contributed by atoms with Crippen LogP contribution < -0.4 is 4.90 Å². The number of hydrogen-bond acceptors (Lipinski definition) is 7. The Labute approximate surface area is 119 Å². The Morgan fingerprint density at radius 1 is 1.35 bits per heavy atom. The number of rotatable bonds is 2. The quantitative estimate of drug-likeness (QED) is 0.770. The molecule has 1 saturated heterocycles. The number of thiophene rings is 1. The van der Waals surface area contributed by atoms with Crippen LogP contribution in [0.1, 0.15) is 24.6 Å². The second-order valence-corrected chi connectivity index (χ2v) is 5.79. The maximum Gasteiger partial charge on any atom is 0.179 e. The molecular weight excluding hydrogens is 274 g/mol. The van der Waals surface area contributed by atoms with E-state index in [-0.39, 0.29) is 0 Å². The van der Waals surface area contributed by atoms with Crippen molar-refractivity contribution in [2.75, 3.05) is 18.0 Å². The highest BCUT2D eigenvalue weighted by Crippen LogP contribution is 2.31. The Hall–Kier alpha value is -2.09. The van der Waals surface area contributed by atoms with E-state index in [9.17, 15) is 0 Å². The standard InChI is InChI=1S/C12H13N7S/c1-2-8(10-15-17-18-16-10)6-19(4-1)11-9-3-5-20-12(9)14-7-13-11/h3,5,7-8H,1-2,4,6H2,(H,15,16,17,18). The van der Waals surface area contributed by atoms with E-state index in [4.69, 9.17) is 0 Å². The lowest BCUT2D eigenvalue weighted by molar-refractivity contribution is 0.490. The number of hydrogen-bond donors (Lipinski definition) is 1. The van der Waals surface area contributed by atoms with E-state index in [2.05, 4.69) is 46.9 Å². The second kappa shape index (κ2) is 4.78. The van der Waals surface area contributed by atoms with Crippen LogP contribution in [-0.4, -0.2) is 43.7 Å². The summed E-state index contributed by atoms with van der Waals surface area (Å²) in [5.41, 5.74) is 0. The van der Waals surface area contributed by atoms with Crippen LogP contribution in [0.2, 0.25) is 0 Å². The first-order valence-corrected chi connectivity index (χ1v) is 7.46. The molecular formula is C12H13N7S. The lowest BCUT2D eigenvalue weighted by atomic mass is 9.97. The number of aromatic amines is 1. The summed E-state index contributed by atoms with van der Waals surface area (Å²) in [7, 11) is 0. The lowest BCUT2D eigenvalue weighted by Gasteiger charge is -2.32. The molecule has 1 fully saturated rings. The molecule has 0 aliphatic carbocycles. The largest absolute Gasteiger partial charge is 0.355 e. The number of nitrogens with zero attached hydrogens (tertiary/aromatic N) is 6. The molecule has 4 rings (SSSR count). The van der Waals surface area contributed by atoms with Gasteiger partial charge in [0, 0.05) is 19.0 Å². The molecule has 0 bridgehead atoms. The summed E-state index contributed by atoms with van der Waals surface area (Å²) in [6, 6.07) is 2.09. The second-order valence-electron chi connectivity index (χ2n) is 4.89. The van der Waals surface area contributed by atoms with Gasteiger partial charge in [-0.25, -0.2) is 9.97 Å². The molecule has 7 nitrogen and oxygen atoms in total. The monoisotopic (exact) mass is 287 g/mol. The summed E-state index contributed by atoms with van der Waals surface area (Å²) in [5.74, 6) is 2.13. The zero-order valence-electron chi connectivity index (χ0n) is 10.7. The third-order valence-electron chi connectivity index (χ3n) is 3.69. The molecule has 3 aromatic rings. The van der Waals surface area contributed by atoms with Crippen molar-refractivity contribution in [3.63, 3.8) is 0 Å². The highest BCUT2D eigenvalue weighted by Gasteiger charge is 2.26. The van der Waals surface area contributed by atoms with Gasteiger partial charge in [-0.05, 0) is 24.3 Å². The van der Waals surface area contributed by atoms with E-state index >= 15 is 0 Å². The van der Waals surface area contributed by atoms with Gasteiger partial charge in [-0.1, -0.05) is 5.21 Å². The maximum atomic E-state index is 4.48. The summed E-state index contributed by atoms with van der Waals surface area (Å²) in [6.45, 7) is 1.89. The van der Waals surface area contributed by atoms with E-state index in [0.29, 0.717) is 5.92 Å². The van der Waals surface area contributed by atoms with Gasteiger partial charge in [0.05, 0.1) is 5.39 Å². The molecule has 0 saturated carbocycles. The Bertz CT molecular complexity index is 708. The van der Waals surface area contributed by atoms with E-state index < -0.39 is 0 Å². The Morgan fingerprint density at radius 2 is 2.35 bits per heavy atom. The lowest BCUT2D eigenvalue weighted by Crippen LogP contribution is -2.35. The minimum atomic E-state index is 0.311. The fraction of sp³-hybridized carbons (Fsp3) is 0.417. The van der Waals surface area contributed by atoms with Crippen molar-refractivity contribution in [3.8, 4) is 0 Å². The molecule has 1 aliphatic rings. The number of H-pyrrole nitrogens is 1. The highest BCUT2D eigenvalue weighted by atomic mass is 32.1. The Balaban J connectivity index is 1.66. The molecule has 1 aliphatic heterocycles. The minimum absolute atomic E-state index is 0.311. The topological polar surface area (TPSA) is 83.5 Å². The van der Waals surface area contributed by atoms with Crippen LogP contribution in [0.5, 0.6) is 0 Å². The average molecular weight is 287 g/mol. The summed E-state index contributed by atoms with van der Waals surface area (Å²) in [4.78, 5) is 12.1. The predicted molar refractivity (Wildman–Crippen MR) is 75.8 cm³/mol. The van der Waals surface area contributed by atoms with Gasteiger partial charge in [-0.2, -0.15) is 5.21 Å². The zero-order valence-corrected chi connectivity index (χ0v) is 11.5. The van der Waals surface area contributed by atoms with Gasteiger partial charge in [0.25, 0.3) is 0 Å². The van der Waals surface area contributed by atoms with Gasteiger partial charge in [0.15, 0.2) is 5.82 Å². The number of piperidine rings is 1. The normalized spacial score (nSPS) is 19.6. The smallest absolute Gasteiger partial charge is 0.179 e. The molecule has 0 radical (unpaired) electrons. The maximum absolute atomic E-state index is 4.48. The molecule has 102 valence electrons. The summed E-state index contributed by atoms with van der Waals surface area (Å²) < 4.78 is 0. The average Bonchev–Trinajstić information content (AvgIpc) is 3.18. The minimum Gasteiger partial charge on any atom is -0.355 e. The van der Waals surface area contributed by atoms with Crippen LogP contribution in [0.15, 0.2) is 17.8 Å². The molecule has 1 unspecified atom stereocenters. The molecule has 0 amide bonds. The summed E-state index contributed by atoms with van der Waals surface area (Å²) in [5, 5.41) is 17.6. The predicted octanol–water partition coefficient (Wildman–Crippen LogP) is 1.59. The molecule has 20 heavy (non-hydrogen) atoms. The number of anilines is 1. The molecule has 1 N–H and O–H groups in total. The third-order valence-corrected chi connectivity index (χ3v) is 4.51. The molecule has 1 atom stereocenters. The number of aromatic nitrogens is 6. The van der Waals surface area contributed by atoms with Crippen molar-refractivity contribution in [3.05, 3.63) is 23.6 Å². The first-order valence-electron chi connectivity index (χ1n) is 6.58. The van der Waals surface area contributed by atoms with E-state index in [1.54, 1.807) is 17.7 Å². The van der Waals surface area contributed by atoms with Crippen molar-refractivity contribution in [2.45, 2.75) is 18.8 Å². The van der Waals surface area contributed by atoms with Gasteiger partial charge < -0.3 is 4.90 Å². The summed E-state index contributed by atoms with van der Waals surface area (Å²) in [6.07, 6.45) is 3.84. The van der Waals surface area contributed by atoms with E-state index in [1.807, 2.05) is 0 Å². The molecule has 4 heterocycles. The molecule has 0 aromatic carbocycles. The van der Waals surface area contributed by atoms with Crippen molar-refractivity contribution in [2.24, 2.45) is 0 Å². The van der Waals surface area contributed by atoms with Gasteiger partial charge >= 0.3 is 0 Å². The van der Waals surface area contributed by atoms with Crippen LogP contribution in [0.4, 0.5) is 5.82 Å². The van der Waals surface area contributed by atoms with Crippen LogP contribution in [0.25, 0.3) is 10.2 Å². The van der Waals surface area contributed by atoms with Crippen LogP contribution in [0, 0.1) is 0 Å². The molecule has 0 spiro atoms. The highest BCUT2D eigenvalue weighted by molar-refractivity contribution is 7.16. The van der Waals surface area contributed by atoms with Crippen molar-refractivity contribution < 1.29 is 0 Å². The van der Waals surface area contributed by atoms with Crippen LogP contribution in [-0.2, 0) is 0 Å². The van der Waals surface area contributed by atoms with Crippen molar-refractivity contribution in [1.29, 1.82) is 0 Å². The van der Waals surface area contributed by atoms with Gasteiger partial charge in [0.2, 0.25) is 0 Å². The van der Waals surface area contributed by atoms with Crippen molar-refractivity contribution >= 4 is 27.4 Å². The van der Waals surface area contributed by atoms with Crippen LogP contribution >= 0.6 is 11.3 Å². The number of fused-ring (bicyclic) bond motifs is 1. The zero-order chi connectivity index (χ0) is 13.4. The Morgan fingerprint density at radius 3 is 3.25 bits per heavy atom. The molecule has 3 aromatic heterocycles. The van der Waals surface area contributed by atoms with Crippen molar-refractivity contribution in [1.82, 2.24) is 30.6 Å². The number of tetrazole rings is 1. The molecule has 8 heteroatoms. The van der Waals surface area contributed by atoms with Crippen LogP contribution in [0.3, 0.4) is 0 Å².